The molecule has 112 valence electrons. The molecule has 0 aromatic heterocycles. The summed E-state index contributed by atoms with van der Waals surface area (Å²) in [5.41, 5.74) is 3.72. The van der Waals surface area contributed by atoms with Gasteiger partial charge in [-0.1, -0.05) is 54.0 Å². The molecule has 2 aromatic rings. The van der Waals surface area contributed by atoms with Gasteiger partial charge in [-0.25, -0.2) is 0 Å². The molecule has 21 heavy (non-hydrogen) atoms. The monoisotopic (exact) mass is 347 g/mol. The molecule has 2 nitrogen and oxygen atoms in total. The van der Waals surface area contributed by atoms with Gasteiger partial charge in [0, 0.05) is 10.0 Å². The third-order valence-electron chi connectivity index (χ3n) is 3.73. The lowest BCUT2D eigenvalue weighted by atomic mass is 9.95. The average Bonchev–Trinajstić information content (AvgIpc) is 2.49. The summed E-state index contributed by atoms with van der Waals surface area (Å²) in [7, 11) is 3.68. The van der Waals surface area contributed by atoms with Crippen LogP contribution in [0.2, 0.25) is 0 Å². The fourth-order valence-electron chi connectivity index (χ4n) is 2.51. The third-order valence-corrected chi connectivity index (χ3v) is 4.22. The van der Waals surface area contributed by atoms with Crippen molar-refractivity contribution in [3.63, 3.8) is 0 Å². The molecule has 0 amide bonds. The van der Waals surface area contributed by atoms with Crippen molar-refractivity contribution < 1.29 is 4.74 Å². The van der Waals surface area contributed by atoms with Gasteiger partial charge in [-0.05, 0) is 42.3 Å². The first kappa shape index (κ1) is 16.1. The van der Waals surface area contributed by atoms with Crippen molar-refractivity contribution in [2.75, 3.05) is 14.2 Å². The summed E-state index contributed by atoms with van der Waals surface area (Å²) >= 11 is 3.54. The summed E-state index contributed by atoms with van der Waals surface area (Å²) in [4.78, 5) is 0. The van der Waals surface area contributed by atoms with E-state index in [9.17, 15) is 0 Å². The second-order valence-corrected chi connectivity index (χ2v) is 6.35. The third kappa shape index (κ3) is 3.66. The lowest BCUT2D eigenvalue weighted by Gasteiger charge is -2.21. The minimum absolute atomic E-state index is 0.110. The van der Waals surface area contributed by atoms with Gasteiger partial charge < -0.3 is 10.1 Å². The minimum Gasteiger partial charge on any atom is -0.496 e. The van der Waals surface area contributed by atoms with E-state index in [0.29, 0.717) is 5.92 Å². The number of halogens is 1. The standard InChI is InChI=1S/C18H22BrNO/c1-12(2)13-5-7-14(8-6-13)18(20-3)16-11-15(19)9-10-17(16)21-4/h5-12,18,20H,1-4H3. The van der Waals surface area contributed by atoms with Crippen LogP contribution in [0.5, 0.6) is 5.75 Å². The fourth-order valence-corrected chi connectivity index (χ4v) is 2.88. The number of benzene rings is 2. The van der Waals surface area contributed by atoms with E-state index in [4.69, 9.17) is 4.74 Å². The summed E-state index contributed by atoms with van der Waals surface area (Å²) in [5, 5.41) is 3.38. The van der Waals surface area contributed by atoms with Gasteiger partial charge in [-0.2, -0.15) is 0 Å². The van der Waals surface area contributed by atoms with Gasteiger partial charge in [0.2, 0.25) is 0 Å². The van der Waals surface area contributed by atoms with Gasteiger partial charge in [0.1, 0.15) is 5.75 Å². The van der Waals surface area contributed by atoms with Crippen LogP contribution in [0.15, 0.2) is 46.9 Å². The van der Waals surface area contributed by atoms with Crippen LogP contribution in [0.25, 0.3) is 0 Å². The molecular formula is C18H22BrNO. The predicted molar refractivity (Wildman–Crippen MR) is 92.1 cm³/mol. The summed E-state index contributed by atoms with van der Waals surface area (Å²) < 4.78 is 6.56. The Balaban J connectivity index is 2.41. The summed E-state index contributed by atoms with van der Waals surface area (Å²) in [5.74, 6) is 1.44. The summed E-state index contributed by atoms with van der Waals surface area (Å²) in [6.07, 6.45) is 0. The molecule has 1 unspecified atom stereocenters. The van der Waals surface area contributed by atoms with Crippen molar-refractivity contribution in [3.8, 4) is 5.75 Å². The molecule has 0 aliphatic heterocycles. The number of ether oxygens (including phenoxy) is 1. The highest BCUT2D eigenvalue weighted by Crippen LogP contribution is 2.32. The van der Waals surface area contributed by atoms with Gasteiger partial charge in [0.25, 0.3) is 0 Å². The molecule has 0 bridgehead atoms. The Morgan fingerprint density at radius 3 is 2.14 bits per heavy atom. The number of hydrogen-bond donors (Lipinski definition) is 1. The van der Waals surface area contributed by atoms with Crippen LogP contribution in [0.1, 0.15) is 42.5 Å². The van der Waals surface area contributed by atoms with Crippen LogP contribution in [-0.4, -0.2) is 14.2 Å². The van der Waals surface area contributed by atoms with E-state index in [2.05, 4.69) is 65.4 Å². The van der Waals surface area contributed by atoms with Crippen molar-refractivity contribution in [2.45, 2.75) is 25.8 Å². The highest BCUT2D eigenvalue weighted by Gasteiger charge is 2.17. The van der Waals surface area contributed by atoms with E-state index >= 15 is 0 Å². The van der Waals surface area contributed by atoms with Crippen molar-refractivity contribution in [1.82, 2.24) is 5.32 Å². The van der Waals surface area contributed by atoms with Gasteiger partial charge in [0.15, 0.2) is 0 Å². The predicted octanol–water partition coefficient (Wildman–Crippen LogP) is 4.89. The fraction of sp³-hybridized carbons (Fsp3) is 0.333. The smallest absolute Gasteiger partial charge is 0.124 e. The van der Waals surface area contributed by atoms with Crippen LogP contribution in [0, 0.1) is 0 Å². The molecular weight excluding hydrogens is 326 g/mol. The molecule has 2 rings (SSSR count). The molecule has 0 spiro atoms. The molecule has 0 aliphatic rings. The summed E-state index contributed by atoms with van der Waals surface area (Å²) in [6.45, 7) is 4.42. The maximum absolute atomic E-state index is 5.51. The highest BCUT2D eigenvalue weighted by atomic mass is 79.9. The Kier molecular flexibility index (Phi) is 5.43. The topological polar surface area (TPSA) is 21.3 Å². The first-order chi connectivity index (χ1) is 10.1. The second kappa shape index (κ2) is 7.10. The van der Waals surface area contributed by atoms with Crippen molar-refractivity contribution in [3.05, 3.63) is 63.6 Å². The van der Waals surface area contributed by atoms with Gasteiger partial charge in [-0.3, -0.25) is 0 Å². The van der Waals surface area contributed by atoms with E-state index in [1.54, 1.807) is 7.11 Å². The first-order valence-electron chi connectivity index (χ1n) is 7.17. The Bertz CT molecular complexity index is 593. The van der Waals surface area contributed by atoms with Crippen LogP contribution in [0.4, 0.5) is 0 Å². The second-order valence-electron chi connectivity index (χ2n) is 5.43. The van der Waals surface area contributed by atoms with Crippen LogP contribution < -0.4 is 10.1 Å². The van der Waals surface area contributed by atoms with E-state index < -0.39 is 0 Å². The Morgan fingerprint density at radius 1 is 1.00 bits per heavy atom. The number of nitrogens with one attached hydrogen (secondary N) is 1. The Labute approximate surface area is 135 Å². The molecule has 0 fully saturated rings. The molecule has 3 heteroatoms. The highest BCUT2D eigenvalue weighted by molar-refractivity contribution is 9.10. The van der Waals surface area contributed by atoms with Gasteiger partial charge >= 0.3 is 0 Å². The molecule has 0 saturated heterocycles. The minimum atomic E-state index is 0.110. The maximum atomic E-state index is 5.51. The van der Waals surface area contributed by atoms with E-state index in [1.165, 1.54) is 11.1 Å². The van der Waals surface area contributed by atoms with E-state index in [0.717, 1.165) is 15.8 Å². The Hall–Kier alpha value is -1.32. The lowest BCUT2D eigenvalue weighted by molar-refractivity contribution is 0.405. The van der Waals surface area contributed by atoms with Crippen LogP contribution >= 0.6 is 15.9 Å². The first-order valence-corrected chi connectivity index (χ1v) is 7.96. The lowest BCUT2D eigenvalue weighted by Crippen LogP contribution is -2.18. The average molecular weight is 348 g/mol. The SMILES string of the molecule is CNC(c1ccc(C(C)C)cc1)c1cc(Br)ccc1OC. The molecule has 1 atom stereocenters. The van der Waals surface area contributed by atoms with Crippen molar-refractivity contribution in [2.24, 2.45) is 0 Å². The van der Waals surface area contributed by atoms with Gasteiger partial charge in [0.05, 0.1) is 13.2 Å². The van der Waals surface area contributed by atoms with Gasteiger partial charge in [-0.15, -0.1) is 0 Å². The molecule has 0 radical (unpaired) electrons. The van der Waals surface area contributed by atoms with E-state index in [1.807, 2.05) is 19.2 Å². The quantitative estimate of drug-likeness (QED) is 0.831. The zero-order chi connectivity index (χ0) is 15.4. The summed E-state index contributed by atoms with van der Waals surface area (Å²) in [6, 6.07) is 15.0. The molecule has 1 N–H and O–H groups in total. The Morgan fingerprint density at radius 2 is 1.62 bits per heavy atom. The number of hydrogen-bond acceptors (Lipinski definition) is 2. The normalized spacial score (nSPS) is 12.5. The van der Waals surface area contributed by atoms with Crippen LogP contribution in [-0.2, 0) is 0 Å². The molecule has 0 aliphatic carbocycles. The zero-order valence-electron chi connectivity index (χ0n) is 13.0. The molecule has 2 aromatic carbocycles. The van der Waals surface area contributed by atoms with E-state index in [-0.39, 0.29) is 6.04 Å². The maximum Gasteiger partial charge on any atom is 0.124 e. The molecule has 0 saturated carbocycles. The van der Waals surface area contributed by atoms with Crippen molar-refractivity contribution in [1.29, 1.82) is 0 Å². The number of rotatable bonds is 5. The largest absolute Gasteiger partial charge is 0.496 e. The zero-order valence-corrected chi connectivity index (χ0v) is 14.6. The van der Waals surface area contributed by atoms with Crippen molar-refractivity contribution >= 4 is 15.9 Å². The van der Waals surface area contributed by atoms with Crippen LogP contribution in [0.3, 0.4) is 0 Å². The number of methoxy groups -OCH3 is 1. The molecule has 0 heterocycles.